The predicted molar refractivity (Wildman–Crippen MR) is 83.5 cm³/mol. The van der Waals surface area contributed by atoms with Gasteiger partial charge in [0.15, 0.2) is 0 Å². The van der Waals surface area contributed by atoms with E-state index in [1.807, 2.05) is 18.2 Å². The van der Waals surface area contributed by atoms with Crippen molar-refractivity contribution in [2.75, 3.05) is 0 Å². The summed E-state index contributed by atoms with van der Waals surface area (Å²) in [6, 6.07) is 14.5. The number of rotatable bonds is 2. The first kappa shape index (κ1) is 14.1. The number of benzene rings is 2. The molecular formula is C17H20ClN. The van der Waals surface area contributed by atoms with Crippen LogP contribution in [0.25, 0.3) is 11.1 Å². The van der Waals surface area contributed by atoms with Crippen LogP contribution in [0.3, 0.4) is 0 Å². The van der Waals surface area contributed by atoms with Crippen molar-refractivity contribution in [3.05, 3.63) is 58.6 Å². The Morgan fingerprint density at radius 3 is 2.16 bits per heavy atom. The normalized spacial score (nSPS) is 11.6. The fourth-order valence-corrected chi connectivity index (χ4v) is 2.32. The monoisotopic (exact) mass is 273 g/mol. The number of halogens is 1. The van der Waals surface area contributed by atoms with Gasteiger partial charge >= 0.3 is 0 Å². The molecule has 0 saturated carbocycles. The Bertz CT molecular complexity index is 565. The standard InChI is InChI=1S/C17H20ClN/c1-17(2,3)14-7-4-12(5-8-14)16-10-15(18)9-6-13(16)11-19/h4-10H,11,19H2,1-3H3. The van der Waals surface area contributed by atoms with Crippen LogP contribution in [0.1, 0.15) is 31.9 Å². The van der Waals surface area contributed by atoms with E-state index in [9.17, 15) is 0 Å². The van der Waals surface area contributed by atoms with Gasteiger partial charge in [0.05, 0.1) is 0 Å². The van der Waals surface area contributed by atoms with Gasteiger partial charge in [0, 0.05) is 11.6 Å². The summed E-state index contributed by atoms with van der Waals surface area (Å²) in [6.45, 7) is 7.17. The van der Waals surface area contributed by atoms with E-state index in [-0.39, 0.29) is 5.41 Å². The SMILES string of the molecule is CC(C)(C)c1ccc(-c2cc(Cl)ccc2CN)cc1. The van der Waals surface area contributed by atoms with E-state index in [1.54, 1.807) is 0 Å². The van der Waals surface area contributed by atoms with Crippen LogP contribution in [0.15, 0.2) is 42.5 Å². The Balaban J connectivity index is 2.45. The van der Waals surface area contributed by atoms with Crippen LogP contribution < -0.4 is 5.73 Å². The molecule has 0 fully saturated rings. The van der Waals surface area contributed by atoms with E-state index in [4.69, 9.17) is 17.3 Å². The van der Waals surface area contributed by atoms with Gasteiger partial charge in [-0.15, -0.1) is 0 Å². The molecule has 2 rings (SSSR count). The van der Waals surface area contributed by atoms with Gasteiger partial charge in [-0.25, -0.2) is 0 Å². The highest BCUT2D eigenvalue weighted by Gasteiger charge is 2.13. The summed E-state index contributed by atoms with van der Waals surface area (Å²) in [5.74, 6) is 0. The van der Waals surface area contributed by atoms with Crippen LogP contribution in [0, 0.1) is 0 Å². The topological polar surface area (TPSA) is 26.0 Å². The quantitative estimate of drug-likeness (QED) is 0.838. The number of hydrogen-bond donors (Lipinski definition) is 1. The Labute approximate surface area is 120 Å². The fourth-order valence-electron chi connectivity index (χ4n) is 2.15. The highest BCUT2D eigenvalue weighted by Crippen LogP contribution is 2.29. The van der Waals surface area contributed by atoms with E-state index in [0.29, 0.717) is 6.54 Å². The van der Waals surface area contributed by atoms with Crippen LogP contribution in [-0.2, 0) is 12.0 Å². The first-order chi connectivity index (χ1) is 8.91. The third-order valence-electron chi connectivity index (χ3n) is 3.35. The highest BCUT2D eigenvalue weighted by atomic mass is 35.5. The van der Waals surface area contributed by atoms with Crippen molar-refractivity contribution in [3.63, 3.8) is 0 Å². The second-order valence-electron chi connectivity index (χ2n) is 5.83. The smallest absolute Gasteiger partial charge is 0.0412 e. The van der Waals surface area contributed by atoms with Crippen LogP contribution in [0.5, 0.6) is 0 Å². The van der Waals surface area contributed by atoms with Gasteiger partial charge in [0.25, 0.3) is 0 Å². The summed E-state index contributed by atoms with van der Waals surface area (Å²) in [7, 11) is 0. The van der Waals surface area contributed by atoms with Crippen molar-refractivity contribution in [2.45, 2.75) is 32.7 Å². The third-order valence-corrected chi connectivity index (χ3v) is 3.59. The zero-order valence-electron chi connectivity index (χ0n) is 11.7. The lowest BCUT2D eigenvalue weighted by molar-refractivity contribution is 0.590. The highest BCUT2D eigenvalue weighted by molar-refractivity contribution is 6.30. The molecule has 0 spiro atoms. The zero-order valence-corrected chi connectivity index (χ0v) is 12.5. The van der Waals surface area contributed by atoms with Crippen molar-refractivity contribution in [1.29, 1.82) is 0 Å². The van der Waals surface area contributed by atoms with Crippen LogP contribution >= 0.6 is 11.6 Å². The first-order valence-corrected chi connectivity index (χ1v) is 6.89. The van der Waals surface area contributed by atoms with E-state index in [2.05, 4.69) is 45.0 Å². The average molecular weight is 274 g/mol. The molecule has 0 aliphatic heterocycles. The lowest BCUT2D eigenvalue weighted by Crippen LogP contribution is -2.10. The van der Waals surface area contributed by atoms with E-state index in [1.165, 1.54) is 5.56 Å². The second kappa shape index (κ2) is 5.36. The number of nitrogens with two attached hydrogens (primary N) is 1. The van der Waals surface area contributed by atoms with Gasteiger partial charge in [-0.2, -0.15) is 0 Å². The summed E-state index contributed by atoms with van der Waals surface area (Å²) in [4.78, 5) is 0. The van der Waals surface area contributed by atoms with Gasteiger partial charge in [0.1, 0.15) is 0 Å². The molecule has 0 unspecified atom stereocenters. The Morgan fingerprint density at radius 2 is 1.63 bits per heavy atom. The minimum atomic E-state index is 0.170. The molecule has 2 aromatic carbocycles. The summed E-state index contributed by atoms with van der Waals surface area (Å²) in [5, 5.41) is 0.743. The average Bonchev–Trinajstić information content (AvgIpc) is 2.38. The molecule has 100 valence electrons. The minimum absolute atomic E-state index is 0.170. The van der Waals surface area contributed by atoms with Crippen molar-refractivity contribution < 1.29 is 0 Å². The molecule has 2 N–H and O–H groups in total. The zero-order chi connectivity index (χ0) is 14.0. The van der Waals surface area contributed by atoms with Gasteiger partial charge < -0.3 is 5.73 Å². The third kappa shape index (κ3) is 3.17. The molecule has 0 bridgehead atoms. The maximum absolute atomic E-state index is 6.09. The van der Waals surface area contributed by atoms with E-state index < -0.39 is 0 Å². The Morgan fingerprint density at radius 1 is 1.00 bits per heavy atom. The molecule has 0 aliphatic carbocycles. The maximum atomic E-state index is 6.09. The second-order valence-corrected chi connectivity index (χ2v) is 6.27. The van der Waals surface area contributed by atoms with Gasteiger partial charge in [-0.1, -0.05) is 62.7 Å². The van der Waals surface area contributed by atoms with Crippen LogP contribution in [0.2, 0.25) is 5.02 Å². The lowest BCUT2D eigenvalue weighted by atomic mass is 9.86. The lowest BCUT2D eigenvalue weighted by Gasteiger charge is -2.19. The van der Waals surface area contributed by atoms with E-state index in [0.717, 1.165) is 21.7 Å². The Hall–Kier alpha value is -1.31. The largest absolute Gasteiger partial charge is 0.326 e. The van der Waals surface area contributed by atoms with Gasteiger partial charge in [-0.05, 0) is 39.8 Å². The van der Waals surface area contributed by atoms with Gasteiger partial charge in [-0.3, -0.25) is 0 Å². The summed E-state index contributed by atoms with van der Waals surface area (Å²) in [5.41, 5.74) is 10.7. The van der Waals surface area contributed by atoms with E-state index >= 15 is 0 Å². The van der Waals surface area contributed by atoms with Crippen molar-refractivity contribution in [1.82, 2.24) is 0 Å². The van der Waals surface area contributed by atoms with Crippen molar-refractivity contribution in [3.8, 4) is 11.1 Å². The molecular weight excluding hydrogens is 254 g/mol. The fraction of sp³-hybridized carbons (Fsp3) is 0.294. The summed E-state index contributed by atoms with van der Waals surface area (Å²) < 4.78 is 0. The molecule has 0 aromatic heterocycles. The van der Waals surface area contributed by atoms with Crippen LogP contribution in [-0.4, -0.2) is 0 Å². The molecule has 0 heterocycles. The summed E-state index contributed by atoms with van der Waals surface area (Å²) >= 11 is 6.09. The van der Waals surface area contributed by atoms with Gasteiger partial charge in [0.2, 0.25) is 0 Å². The molecule has 0 saturated heterocycles. The molecule has 2 aromatic rings. The molecule has 0 amide bonds. The van der Waals surface area contributed by atoms with Crippen molar-refractivity contribution >= 4 is 11.6 Å². The molecule has 2 heteroatoms. The minimum Gasteiger partial charge on any atom is -0.326 e. The van der Waals surface area contributed by atoms with Crippen molar-refractivity contribution in [2.24, 2.45) is 5.73 Å². The Kier molecular flexibility index (Phi) is 3.98. The molecule has 0 aliphatic rings. The number of hydrogen-bond acceptors (Lipinski definition) is 1. The van der Waals surface area contributed by atoms with Crippen LogP contribution in [0.4, 0.5) is 0 Å². The maximum Gasteiger partial charge on any atom is 0.0412 e. The molecule has 0 atom stereocenters. The molecule has 0 radical (unpaired) electrons. The summed E-state index contributed by atoms with van der Waals surface area (Å²) in [6.07, 6.45) is 0. The molecule has 1 nitrogen and oxygen atoms in total. The molecule has 19 heavy (non-hydrogen) atoms. The predicted octanol–water partition coefficient (Wildman–Crippen LogP) is 4.76. The first-order valence-electron chi connectivity index (χ1n) is 6.51.